The van der Waals surface area contributed by atoms with E-state index in [2.05, 4.69) is 51.9 Å². The van der Waals surface area contributed by atoms with Crippen LogP contribution >= 0.6 is 15.9 Å². The number of benzene rings is 4. The molecule has 0 radical (unpaired) electrons. The van der Waals surface area contributed by atoms with E-state index < -0.39 is 100 Å². The Hall–Kier alpha value is -8.52. The molecule has 2 heterocycles. The fourth-order valence-corrected chi connectivity index (χ4v) is 16.4. The summed E-state index contributed by atoms with van der Waals surface area (Å²) >= 11 is 3.43. The van der Waals surface area contributed by atoms with E-state index in [1.807, 2.05) is 102 Å². The molecule has 7 rings (SSSR count). The number of aliphatic carboxylic acids is 3. The van der Waals surface area contributed by atoms with Gasteiger partial charge in [-0.25, -0.2) is 9.59 Å². The van der Waals surface area contributed by atoms with Crippen molar-refractivity contribution in [3.05, 3.63) is 165 Å². The molecule has 0 fully saturated rings. The lowest BCUT2D eigenvalue weighted by atomic mass is 9.76. The number of nitrogens with zero attached hydrogens (tertiary/aromatic N) is 3. The first-order valence-electron chi connectivity index (χ1n) is 37.8. The monoisotopic (exact) mass is 1660 g/mol. The number of amides is 3. The SMILES string of the molecule is CC(=O)[C@H](CCC(=O)O)NC(=O)N[C@@H](CCCCN(Cc1ccc(Br)cc1)C(=O)CCCCCCC(=O)C[C@@H](CCCCCC(=O)CCCC1(C)/C(=C\C=C2/CCCC(/C=C/C3=[N+](CCCS(=O)(=O)O)c4ccccc4C3(C)C)=C2Oc2ccc(S(=O)(=O)O)cc2)N(CCCS(=O)(=O)O)c2ccccc21)C(=O)O)C(=O)O. The predicted molar refractivity (Wildman–Crippen MR) is 424 cm³/mol. The van der Waals surface area contributed by atoms with Gasteiger partial charge in [0.1, 0.15) is 35.7 Å². The zero-order chi connectivity index (χ0) is 81.3. The van der Waals surface area contributed by atoms with Crippen LogP contribution in [0.1, 0.15) is 205 Å². The smallest absolute Gasteiger partial charge is 0.326 e. The molecule has 0 aromatic heterocycles. The van der Waals surface area contributed by atoms with Gasteiger partial charge in [-0.2, -0.15) is 29.8 Å². The minimum absolute atomic E-state index is 0.0177. The van der Waals surface area contributed by atoms with Gasteiger partial charge in [-0.1, -0.05) is 96.2 Å². The molecule has 604 valence electrons. The number of allylic oxidation sites excluding steroid dienone is 7. The van der Waals surface area contributed by atoms with E-state index in [9.17, 15) is 87.5 Å². The third-order valence-corrected chi connectivity index (χ3v) is 23.6. The molecule has 1 unspecified atom stereocenters. The van der Waals surface area contributed by atoms with Gasteiger partial charge in [0.05, 0.1) is 33.8 Å². The number of carbonyl (C=O) groups excluding carboxylic acids is 5. The van der Waals surface area contributed by atoms with E-state index in [1.165, 1.54) is 31.2 Å². The Morgan fingerprint density at radius 3 is 1.89 bits per heavy atom. The number of Topliss-reactive ketones (excluding diaryl/α,β-unsaturated/α-hetero) is 3. The van der Waals surface area contributed by atoms with Crippen molar-refractivity contribution in [2.45, 2.75) is 223 Å². The summed E-state index contributed by atoms with van der Waals surface area (Å²) in [5.74, 6) is -5.34. The highest BCUT2D eigenvalue weighted by molar-refractivity contribution is 9.10. The van der Waals surface area contributed by atoms with Gasteiger partial charge in [0.25, 0.3) is 30.4 Å². The maximum Gasteiger partial charge on any atom is 0.326 e. The number of carboxylic acids is 3. The highest BCUT2D eigenvalue weighted by Gasteiger charge is 2.45. The van der Waals surface area contributed by atoms with Crippen LogP contribution in [0.4, 0.5) is 16.2 Å². The first-order valence-corrected chi connectivity index (χ1v) is 43.3. The van der Waals surface area contributed by atoms with Gasteiger partial charge in [0.2, 0.25) is 11.6 Å². The van der Waals surface area contributed by atoms with Crippen LogP contribution in [-0.2, 0) is 81.3 Å². The summed E-state index contributed by atoms with van der Waals surface area (Å²) in [4.78, 5) is 104. The van der Waals surface area contributed by atoms with Crippen LogP contribution in [-0.4, -0.2) is 160 Å². The number of ketones is 3. The van der Waals surface area contributed by atoms with Gasteiger partial charge in [0.15, 0.2) is 11.5 Å². The largest absolute Gasteiger partial charge is 0.481 e. The van der Waals surface area contributed by atoms with Crippen molar-refractivity contribution in [2.75, 3.05) is 36.0 Å². The third kappa shape index (κ3) is 28.0. The molecule has 0 saturated heterocycles. The highest BCUT2D eigenvalue weighted by atomic mass is 79.9. The second-order valence-corrected chi connectivity index (χ2v) is 35.0. The number of hydrogen-bond acceptors (Lipinski definition) is 16. The standard InChI is InChI=1S/C81H104BrN5O21S3/c1-56(88)68(44-47-75(92)93)83-79(98)84-69(78(96)97)30-16-17-49-85(55-57-34-38-61(82)39-35-57)74(91)33-11-6-5-9-26-63(90)54-60(77(94)95)22-8-7-10-25-62(89)27-19-48-81(4)67-29-13-15-32-71(67)87(51-21-53-110(102,103)104)73(81)46-37-59-24-18-23-58(76(59)108-64-40-42-65(43-41-64)111(105,106)107)36-45-72-80(2,3)66-28-12-14-31-70(66)86(72)50-20-52-109(99,100)101/h12-15,28-29,31-32,34-43,45-46,60,68-69H,5-11,16-27,30,33,44,47-55H2,1-4H3,(H7-,83,84,92,93,94,95,96,97,98,99,100,101,102,103,104,105,106,107)/p+1/t60-,68+,69+,81?/m1/s1. The number of hydrogen-bond donors (Lipinski definition) is 8. The topological polar surface area (TPSA) is 403 Å². The van der Waals surface area contributed by atoms with Crippen molar-refractivity contribution in [1.82, 2.24) is 15.5 Å². The van der Waals surface area contributed by atoms with Gasteiger partial charge in [-0.15, -0.1) is 0 Å². The van der Waals surface area contributed by atoms with E-state index in [1.54, 1.807) is 4.90 Å². The molecule has 30 heteroatoms. The number of rotatable bonds is 48. The summed E-state index contributed by atoms with van der Waals surface area (Å²) in [6.45, 7) is 8.51. The van der Waals surface area contributed by atoms with Crippen LogP contribution in [0.25, 0.3) is 0 Å². The Morgan fingerprint density at radius 2 is 1.24 bits per heavy atom. The molecule has 0 bridgehead atoms. The molecule has 2 aliphatic heterocycles. The third-order valence-electron chi connectivity index (χ3n) is 20.6. The molecule has 1 aliphatic carbocycles. The molecule has 4 atom stereocenters. The number of urea groups is 1. The summed E-state index contributed by atoms with van der Waals surface area (Å²) in [6, 6.07) is 25.1. The molecule has 4 aromatic rings. The summed E-state index contributed by atoms with van der Waals surface area (Å²) in [5.41, 5.74) is 6.51. The van der Waals surface area contributed by atoms with E-state index in [0.29, 0.717) is 109 Å². The lowest BCUT2D eigenvalue weighted by molar-refractivity contribution is -0.437. The fraction of sp³-hybridized carbons (Fsp3) is 0.494. The normalized spacial score (nSPS) is 17.2. The van der Waals surface area contributed by atoms with Gasteiger partial charge < -0.3 is 40.5 Å². The first kappa shape index (κ1) is 89.7. The quantitative estimate of drug-likeness (QED) is 0.0116. The molecule has 26 nitrogen and oxygen atoms in total. The Kier molecular flexibility index (Phi) is 33.8. The zero-order valence-electron chi connectivity index (χ0n) is 63.5. The zero-order valence-corrected chi connectivity index (χ0v) is 67.5. The highest BCUT2D eigenvalue weighted by Crippen LogP contribution is 2.51. The van der Waals surface area contributed by atoms with Crippen molar-refractivity contribution < 1.29 is 102 Å². The molecule has 3 aliphatic rings. The number of para-hydroxylation sites is 2. The van der Waals surface area contributed by atoms with Crippen LogP contribution in [0.5, 0.6) is 5.75 Å². The number of halogens is 1. The number of carboxylic acid groups (broad SMARTS) is 3. The van der Waals surface area contributed by atoms with Crippen molar-refractivity contribution >= 4 is 111 Å². The molecule has 0 saturated carbocycles. The summed E-state index contributed by atoms with van der Waals surface area (Å²) in [6.07, 6.45) is 16.0. The van der Waals surface area contributed by atoms with Crippen molar-refractivity contribution in [1.29, 1.82) is 0 Å². The van der Waals surface area contributed by atoms with Crippen LogP contribution in [0, 0.1) is 5.92 Å². The minimum Gasteiger partial charge on any atom is -0.481 e. The van der Waals surface area contributed by atoms with Crippen LogP contribution in [0.3, 0.4) is 0 Å². The fourth-order valence-electron chi connectivity index (χ4n) is 14.7. The number of carbonyl (C=O) groups is 8. The maximum atomic E-state index is 13.7. The van der Waals surface area contributed by atoms with Gasteiger partial charge >= 0.3 is 23.9 Å². The summed E-state index contributed by atoms with van der Waals surface area (Å²) in [5, 5.41) is 33.7. The summed E-state index contributed by atoms with van der Waals surface area (Å²) < 4.78 is 111. The lowest BCUT2D eigenvalue weighted by Crippen LogP contribution is -2.50. The Bertz CT molecular complexity index is 4520. The minimum atomic E-state index is -4.54. The molecular weight excluding hydrogens is 1560 g/mol. The average molecular weight is 1660 g/mol. The maximum absolute atomic E-state index is 13.7. The molecule has 4 aromatic carbocycles. The van der Waals surface area contributed by atoms with Gasteiger partial charge in [0, 0.05) is 104 Å². The number of nitrogens with one attached hydrogen (secondary N) is 2. The Labute approximate surface area is 659 Å². The van der Waals surface area contributed by atoms with Gasteiger partial charge in [-0.3, -0.25) is 42.4 Å². The van der Waals surface area contributed by atoms with Crippen molar-refractivity contribution in [3.63, 3.8) is 0 Å². The number of fused-ring (bicyclic) bond motifs is 2. The van der Waals surface area contributed by atoms with Crippen molar-refractivity contribution in [2.24, 2.45) is 5.92 Å². The first-order chi connectivity index (χ1) is 52.4. The number of unbranched alkanes of at least 4 members (excludes halogenated alkanes) is 6. The van der Waals surface area contributed by atoms with Crippen LogP contribution < -0.4 is 20.3 Å². The van der Waals surface area contributed by atoms with E-state index in [4.69, 9.17) is 9.84 Å². The lowest BCUT2D eigenvalue weighted by Gasteiger charge is -2.31. The second-order valence-electron chi connectivity index (χ2n) is 29.5. The number of ether oxygens (including phenoxy) is 1. The molecular formula is C81H105BrN5O21S3+. The van der Waals surface area contributed by atoms with E-state index in [0.717, 1.165) is 55.1 Å². The molecule has 3 amide bonds. The van der Waals surface area contributed by atoms with Crippen molar-refractivity contribution in [3.8, 4) is 5.75 Å². The summed E-state index contributed by atoms with van der Waals surface area (Å²) in [7, 11) is -13.1. The Morgan fingerprint density at radius 1 is 0.631 bits per heavy atom. The molecule has 111 heavy (non-hydrogen) atoms. The van der Waals surface area contributed by atoms with E-state index >= 15 is 0 Å². The van der Waals surface area contributed by atoms with Crippen LogP contribution in [0.15, 0.2) is 153 Å². The van der Waals surface area contributed by atoms with Crippen LogP contribution in [0.2, 0.25) is 0 Å². The van der Waals surface area contributed by atoms with Gasteiger partial charge in [-0.05, 0) is 194 Å². The molecule has 0 spiro atoms. The van der Waals surface area contributed by atoms with E-state index in [-0.39, 0.29) is 112 Å². The predicted octanol–water partition coefficient (Wildman–Crippen LogP) is 13.8. The molecule has 8 N–H and O–H groups in total. The average Bonchev–Trinajstić information content (AvgIpc) is 1.58. The number of anilines is 1. The second kappa shape index (κ2) is 41.8. The Balaban J connectivity index is 0.941.